The van der Waals surface area contributed by atoms with E-state index < -0.39 is 0 Å². The van der Waals surface area contributed by atoms with Crippen molar-refractivity contribution in [3.63, 3.8) is 0 Å². The van der Waals surface area contributed by atoms with Gasteiger partial charge >= 0.3 is 0 Å². The van der Waals surface area contributed by atoms with E-state index in [1.807, 2.05) is 24.0 Å². The molecule has 0 spiro atoms. The van der Waals surface area contributed by atoms with Crippen LogP contribution in [0.15, 0.2) is 24.3 Å². The molecule has 0 bridgehead atoms. The molecule has 0 atom stereocenters. The van der Waals surface area contributed by atoms with Crippen LogP contribution < -0.4 is 21.3 Å². The van der Waals surface area contributed by atoms with Crippen LogP contribution in [0.4, 0.5) is 15.8 Å². The largest absolute Gasteiger partial charge is 0.397 e. The number of hydrogen-bond acceptors (Lipinski definition) is 6. The maximum atomic E-state index is 14.7. The Bertz CT molecular complexity index is 1070. The molecule has 4 rings (SSSR count). The lowest BCUT2D eigenvalue weighted by molar-refractivity contribution is 0.0959. The second-order valence-corrected chi connectivity index (χ2v) is 8.71. The molecule has 4 N–H and O–H groups in total. The molecule has 9 heteroatoms. The summed E-state index contributed by atoms with van der Waals surface area (Å²) >= 11 is 7.65. The molecule has 0 saturated carbocycles. The molecule has 1 fully saturated rings. The number of nitrogens with zero attached hydrogens (tertiary/aromatic N) is 2. The van der Waals surface area contributed by atoms with Gasteiger partial charge in [0.2, 0.25) is 0 Å². The van der Waals surface area contributed by atoms with Gasteiger partial charge in [-0.05, 0) is 43.2 Å². The number of nitrogen functional groups attached to an aromatic ring is 1. The molecule has 1 aliphatic heterocycles. The number of nitrogens with two attached hydrogens (primary N) is 1. The second-order valence-electron chi connectivity index (χ2n) is 7.30. The molecule has 0 unspecified atom stereocenters. The highest BCUT2D eigenvalue weighted by Crippen LogP contribution is 2.33. The third-order valence-corrected chi connectivity index (χ3v) is 6.55. The average molecular weight is 448 g/mol. The number of anilines is 2. The van der Waals surface area contributed by atoms with Gasteiger partial charge in [0, 0.05) is 43.8 Å². The number of aromatic nitrogens is 1. The van der Waals surface area contributed by atoms with Crippen molar-refractivity contribution in [2.45, 2.75) is 13.3 Å². The monoisotopic (exact) mass is 447 g/mol. The number of rotatable bonds is 5. The van der Waals surface area contributed by atoms with Crippen LogP contribution in [0.2, 0.25) is 5.02 Å². The first-order valence-electron chi connectivity index (χ1n) is 9.81. The summed E-state index contributed by atoms with van der Waals surface area (Å²) in [6.45, 7) is 5.29. The highest BCUT2D eigenvalue weighted by Gasteiger charge is 2.20. The Morgan fingerprint density at radius 3 is 2.87 bits per heavy atom. The Kier molecular flexibility index (Phi) is 6.08. The average Bonchev–Trinajstić information content (AvgIpc) is 3.04. The highest BCUT2D eigenvalue weighted by molar-refractivity contribution is 7.21. The molecule has 30 heavy (non-hydrogen) atoms. The molecule has 1 aromatic carbocycles. The van der Waals surface area contributed by atoms with E-state index in [9.17, 15) is 9.18 Å². The summed E-state index contributed by atoms with van der Waals surface area (Å²) in [6, 6.07) is 7.02. The zero-order valence-electron chi connectivity index (χ0n) is 16.6. The van der Waals surface area contributed by atoms with Crippen molar-refractivity contribution in [3.05, 3.63) is 51.2 Å². The molecule has 0 radical (unpaired) electrons. The van der Waals surface area contributed by atoms with Crippen LogP contribution in [0.5, 0.6) is 0 Å². The third-order valence-electron chi connectivity index (χ3n) is 5.15. The van der Waals surface area contributed by atoms with E-state index in [1.54, 1.807) is 6.07 Å². The molecule has 6 nitrogen and oxygen atoms in total. The molecule has 3 heterocycles. The van der Waals surface area contributed by atoms with E-state index in [2.05, 4.69) is 15.6 Å². The van der Waals surface area contributed by atoms with Crippen molar-refractivity contribution in [1.29, 1.82) is 0 Å². The Labute approximate surface area is 183 Å². The normalized spacial score (nSPS) is 14.3. The molecule has 3 aromatic rings. The van der Waals surface area contributed by atoms with Crippen molar-refractivity contribution < 1.29 is 9.18 Å². The number of piperazine rings is 1. The number of benzene rings is 1. The van der Waals surface area contributed by atoms with Crippen LogP contribution in [0.3, 0.4) is 0 Å². The van der Waals surface area contributed by atoms with Crippen LogP contribution in [0.25, 0.3) is 10.2 Å². The summed E-state index contributed by atoms with van der Waals surface area (Å²) in [4.78, 5) is 20.2. The van der Waals surface area contributed by atoms with Gasteiger partial charge < -0.3 is 21.3 Å². The number of thiophene rings is 1. The van der Waals surface area contributed by atoms with Crippen LogP contribution in [-0.4, -0.2) is 43.6 Å². The van der Waals surface area contributed by atoms with E-state index in [0.29, 0.717) is 34.2 Å². The summed E-state index contributed by atoms with van der Waals surface area (Å²) in [6.07, 6.45) is 0.465. The van der Waals surface area contributed by atoms with Gasteiger partial charge in [-0.2, -0.15) is 0 Å². The second kappa shape index (κ2) is 8.75. The number of amides is 1. The van der Waals surface area contributed by atoms with E-state index in [4.69, 9.17) is 17.3 Å². The van der Waals surface area contributed by atoms with E-state index in [-0.39, 0.29) is 11.7 Å². The van der Waals surface area contributed by atoms with Crippen LogP contribution in [0.1, 0.15) is 20.9 Å². The quantitative estimate of drug-likeness (QED) is 0.558. The van der Waals surface area contributed by atoms with Crippen LogP contribution >= 0.6 is 22.9 Å². The van der Waals surface area contributed by atoms with Gasteiger partial charge in [-0.25, -0.2) is 9.37 Å². The minimum absolute atomic E-state index is 0.253. The summed E-state index contributed by atoms with van der Waals surface area (Å²) in [5.74, 6) is -0.585. The fourth-order valence-electron chi connectivity index (χ4n) is 3.61. The lowest BCUT2D eigenvalue weighted by atomic mass is 10.1. The maximum absolute atomic E-state index is 14.7. The van der Waals surface area contributed by atoms with Crippen molar-refractivity contribution in [3.8, 4) is 0 Å². The maximum Gasteiger partial charge on any atom is 0.263 e. The Morgan fingerprint density at radius 1 is 1.37 bits per heavy atom. The molecule has 1 saturated heterocycles. The van der Waals surface area contributed by atoms with E-state index in [0.717, 1.165) is 47.7 Å². The van der Waals surface area contributed by atoms with Crippen molar-refractivity contribution in [2.75, 3.05) is 43.4 Å². The summed E-state index contributed by atoms with van der Waals surface area (Å²) < 4.78 is 14.7. The van der Waals surface area contributed by atoms with Gasteiger partial charge in [0.15, 0.2) is 0 Å². The number of nitrogens with one attached hydrogen (secondary N) is 2. The highest BCUT2D eigenvalue weighted by atomic mass is 35.5. The van der Waals surface area contributed by atoms with Gasteiger partial charge in [-0.15, -0.1) is 11.3 Å². The number of fused-ring (bicyclic) bond motifs is 1. The molecule has 1 amide bonds. The predicted octanol–water partition coefficient (Wildman–Crippen LogP) is 3.36. The SMILES string of the molecule is Cc1ccc2c(N)c(C(=O)NCCc3cc(F)c(N4CCNCC4)c(Cl)c3)sc2n1. The zero-order chi connectivity index (χ0) is 21.3. The number of aryl methyl sites for hydroxylation is 1. The van der Waals surface area contributed by atoms with Gasteiger partial charge in [0.1, 0.15) is 15.5 Å². The van der Waals surface area contributed by atoms with Crippen molar-refractivity contribution >= 4 is 50.4 Å². The molecule has 0 aliphatic carbocycles. The summed E-state index contributed by atoms with van der Waals surface area (Å²) in [5.41, 5.74) is 8.63. The molecule has 158 valence electrons. The Hall–Kier alpha value is -2.42. The third kappa shape index (κ3) is 4.21. The van der Waals surface area contributed by atoms with Crippen molar-refractivity contribution in [2.24, 2.45) is 0 Å². The van der Waals surface area contributed by atoms with Crippen LogP contribution in [-0.2, 0) is 6.42 Å². The zero-order valence-corrected chi connectivity index (χ0v) is 18.2. The molecule has 2 aromatic heterocycles. The van der Waals surface area contributed by atoms with Gasteiger partial charge in [0.25, 0.3) is 5.91 Å². The van der Waals surface area contributed by atoms with E-state index in [1.165, 1.54) is 17.4 Å². The van der Waals surface area contributed by atoms with Gasteiger partial charge in [0.05, 0.1) is 16.4 Å². The van der Waals surface area contributed by atoms with Crippen molar-refractivity contribution in [1.82, 2.24) is 15.6 Å². The Balaban J connectivity index is 1.42. The Morgan fingerprint density at radius 2 is 2.13 bits per heavy atom. The first-order valence-corrected chi connectivity index (χ1v) is 11.0. The first kappa shape index (κ1) is 20.8. The first-order chi connectivity index (χ1) is 14.4. The summed E-state index contributed by atoms with van der Waals surface area (Å²) in [7, 11) is 0. The molecular weight excluding hydrogens is 425 g/mol. The van der Waals surface area contributed by atoms with Gasteiger partial charge in [-0.3, -0.25) is 4.79 Å². The van der Waals surface area contributed by atoms with E-state index >= 15 is 0 Å². The number of carbonyl (C=O) groups excluding carboxylic acids is 1. The number of hydrogen-bond donors (Lipinski definition) is 3. The fourth-order valence-corrected chi connectivity index (χ4v) is 5.02. The van der Waals surface area contributed by atoms with Gasteiger partial charge in [-0.1, -0.05) is 11.6 Å². The predicted molar refractivity (Wildman–Crippen MR) is 121 cm³/mol. The lowest BCUT2D eigenvalue weighted by Gasteiger charge is -2.30. The van der Waals surface area contributed by atoms with Crippen LogP contribution in [0, 0.1) is 12.7 Å². The summed E-state index contributed by atoms with van der Waals surface area (Å²) in [5, 5.41) is 7.28. The minimum Gasteiger partial charge on any atom is -0.397 e. The molecular formula is C21H23ClFN5OS. The minimum atomic E-state index is -0.332. The smallest absolute Gasteiger partial charge is 0.263 e. The lowest BCUT2D eigenvalue weighted by Crippen LogP contribution is -2.44. The molecule has 1 aliphatic rings. The number of pyridine rings is 1. The number of carbonyl (C=O) groups is 1. The number of halogens is 2. The fraction of sp³-hybridized carbons (Fsp3) is 0.333. The standard InChI is InChI=1S/C21H23ClFN5OS/c1-12-2-3-14-17(24)19(30-21(14)27-12)20(29)26-5-4-13-10-15(22)18(16(23)11-13)28-8-6-25-7-9-28/h2-3,10-11,25H,4-9,24H2,1H3,(H,26,29). The topological polar surface area (TPSA) is 83.3 Å².